The van der Waals surface area contributed by atoms with Gasteiger partial charge in [0.15, 0.2) is 11.5 Å². The Labute approximate surface area is 100 Å². The molecule has 1 aliphatic heterocycles. The van der Waals surface area contributed by atoms with E-state index in [1.807, 2.05) is 25.2 Å². The Morgan fingerprint density at radius 1 is 1.24 bits per heavy atom. The van der Waals surface area contributed by atoms with Crippen LogP contribution in [0.3, 0.4) is 0 Å². The first-order valence-corrected chi connectivity index (χ1v) is 5.84. The van der Waals surface area contributed by atoms with Crippen LogP contribution in [0.25, 0.3) is 10.8 Å². The number of nitrogens with one attached hydrogen (secondary N) is 1. The van der Waals surface area contributed by atoms with Crippen molar-refractivity contribution in [3.63, 3.8) is 0 Å². The summed E-state index contributed by atoms with van der Waals surface area (Å²) in [6.07, 6.45) is 0.0914. The zero-order valence-electron chi connectivity index (χ0n) is 9.77. The second-order valence-electron chi connectivity index (χ2n) is 4.22. The van der Waals surface area contributed by atoms with Crippen molar-refractivity contribution < 1.29 is 9.47 Å². The largest absolute Gasteiger partial charge is 0.485 e. The van der Waals surface area contributed by atoms with Gasteiger partial charge in [0, 0.05) is 11.9 Å². The SMILES string of the molecule is CNCC1COc2c(ccc3ccccc23)O1. The van der Waals surface area contributed by atoms with Gasteiger partial charge >= 0.3 is 0 Å². The van der Waals surface area contributed by atoms with Crippen LogP contribution < -0.4 is 14.8 Å². The Kier molecular flexibility index (Phi) is 2.61. The highest BCUT2D eigenvalue weighted by molar-refractivity contribution is 5.90. The number of hydrogen-bond donors (Lipinski definition) is 1. The molecule has 17 heavy (non-hydrogen) atoms. The van der Waals surface area contributed by atoms with Gasteiger partial charge in [-0.2, -0.15) is 0 Å². The molecule has 0 bridgehead atoms. The molecule has 0 radical (unpaired) electrons. The average molecular weight is 229 g/mol. The van der Waals surface area contributed by atoms with E-state index in [9.17, 15) is 0 Å². The molecule has 2 aromatic rings. The first kappa shape index (κ1) is 10.4. The minimum Gasteiger partial charge on any atom is -0.485 e. The maximum atomic E-state index is 5.89. The third kappa shape index (κ3) is 1.83. The van der Waals surface area contributed by atoms with Crippen LogP contribution in [0.15, 0.2) is 36.4 Å². The lowest BCUT2D eigenvalue weighted by Gasteiger charge is -2.27. The Bertz CT molecular complexity index is 539. The molecule has 1 aliphatic rings. The fourth-order valence-corrected chi connectivity index (χ4v) is 2.18. The molecule has 0 spiro atoms. The number of rotatable bonds is 2. The van der Waals surface area contributed by atoms with Gasteiger partial charge < -0.3 is 14.8 Å². The Hall–Kier alpha value is -1.74. The van der Waals surface area contributed by atoms with E-state index in [1.165, 1.54) is 5.39 Å². The highest BCUT2D eigenvalue weighted by Crippen LogP contribution is 2.38. The lowest BCUT2D eigenvalue weighted by Crippen LogP contribution is -2.37. The van der Waals surface area contributed by atoms with E-state index in [-0.39, 0.29) is 6.10 Å². The molecule has 0 saturated carbocycles. The van der Waals surface area contributed by atoms with Crippen molar-refractivity contribution in [2.45, 2.75) is 6.10 Å². The molecule has 0 aliphatic carbocycles. The minimum absolute atomic E-state index is 0.0914. The molecule has 3 nitrogen and oxygen atoms in total. The van der Waals surface area contributed by atoms with E-state index in [2.05, 4.69) is 23.5 Å². The van der Waals surface area contributed by atoms with Gasteiger partial charge in [-0.3, -0.25) is 0 Å². The maximum absolute atomic E-state index is 5.89. The summed E-state index contributed by atoms with van der Waals surface area (Å²) in [5.41, 5.74) is 0. The predicted octanol–water partition coefficient (Wildman–Crippen LogP) is 2.20. The summed E-state index contributed by atoms with van der Waals surface area (Å²) in [5, 5.41) is 5.40. The molecule has 0 saturated heterocycles. The zero-order valence-corrected chi connectivity index (χ0v) is 9.77. The molecule has 3 heteroatoms. The second kappa shape index (κ2) is 4.26. The molecule has 1 unspecified atom stereocenters. The molecule has 1 N–H and O–H groups in total. The summed E-state index contributed by atoms with van der Waals surface area (Å²) in [7, 11) is 1.92. The first-order valence-electron chi connectivity index (χ1n) is 5.84. The molecule has 2 aromatic carbocycles. The van der Waals surface area contributed by atoms with Crippen molar-refractivity contribution in [1.82, 2.24) is 5.32 Å². The van der Waals surface area contributed by atoms with Gasteiger partial charge in [0.05, 0.1) is 0 Å². The minimum atomic E-state index is 0.0914. The van der Waals surface area contributed by atoms with Gasteiger partial charge in [-0.15, -0.1) is 0 Å². The summed E-state index contributed by atoms with van der Waals surface area (Å²) in [4.78, 5) is 0. The lowest BCUT2D eigenvalue weighted by molar-refractivity contribution is 0.0936. The van der Waals surface area contributed by atoms with Crippen molar-refractivity contribution in [2.24, 2.45) is 0 Å². The third-order valence-corrected chi connectivity index (χ3v) is 2.98. The Morgan fingerprint density at radius 3 is 3.00 bits per heavy atom. The van der Waals surface area contributed by atoms with Gasteiger partial charge in [0.2, 0.25) is 0 Å². The summed E-state index contributed by atoms with van der Waals surface area (Å²) in [6.45, 7) is 1.40. The van der Waals surface area contributed by atoms with Crippen LogP contribution in [-0.2, 0) is 0 Å². The zero-order chi connectivity index (χ0) is 11.7. The van der Waals surface area contributed by atoms with Gasteiger partial charge in [0.25, 0.3) is 0 Å². The van der Waals surface area contributed by atoms with Crippen LogP contribution in [0.1, 0.15) is 0 Å². The molecular weight excluding hydrogens is 214 g/mol. The van der Waals surface area contributed by atoms with E-state index >= 15 is 0 Å². The molecule has 88 valence electrons. The van der Waals surface area contributed by atoms with Crippen LogP contribution in [0, 0.1) is 0 Å². The van der Waals surface area contributed by atoms with Gasteiger partial charge in [0.1, 0.15) is 12.7 Å². The van der Waals surface area contributed by atoms with E-state index in [1.54, 1.807) is 0 Å². The fourth-order valence-electron chi connectivity index (χ4n) is 2.18. The average Bonchev–Trinajstić information content (AvgIpc) is 2.39. The van der Waals surface area contributed by atoms with Crippen LogP contribution in [-0.4, -0.2) is 26.3 Å². The van der Waals surface area contributed by atoms with Crippen molar-refractivity contribution in [1.29, 1.82) is 0 Å². The first-order chi connectivity index (χ1) is 8.38. The summed E-state index contributed by atoms with van der Waals surface area (Å²) in [6, 6.07) is 12.3. The van der Waals surface area contributed by atoms with Crippen LogP contribution in [0.4, 0.5) is 0 Å². The van der Waals surface area contributed by atoms with Crippen LogP contribution in [0.2, 0.25) is 0 Å². The van der Waals surface area contributed by atoms with Crippen molar-refractivity contribution in [3.05, 3.63) is 36.4 Å². The highest BCUT2D eigenvalue weighted by Gasteiger charge is 2.21. The number of benzene rings is 2. The molecule has 0 fully saturated rings. The van der Waals surface area contributed by atoms with Crippen molar-refractivity contribution >= 4 is 10.8 Å². The molecule has 3 rings (SSSR count). The Morgan fingerprint density at radius 2 is 2.12 bits per heavy atom. The topological polar surface area (TPSA) is 30.5 Å². The van der Waals surface area contributed by atoms with Crippen LogP contribution in [0.5, 0.6) is 11.5 Å². The molecule has 1 atom stereocenters. The van der Waals surface area contributed by atoms with Crippen LogP contribution >= 0.6 is 0 Å². The van der Waals surface area contributed by atoms with E-state index in [0.717, 1.165) is 23.4 Å². The fraction of sp³-hybridized carbons (Fsp3) is 0.286. The molecule has 0 amide bonds. The van der Waals surface area contributed by atoms with Gasteiger partial charge in [-0.1, -0.05) is 30.3 Å². The number of hydrogen-bond acceptors (Lipinski definition) is 3. The second-order valence-corrected chi connectivity index (χ2v) is 4.22. The summed E-state index contributed by atoms with van der Waals surface area (Å²) >= 11 is 0. The van der Waals surface area contributed by atoms with E-state index < -0.39 is 0 Å². The van der Waals surface area contributed by atoms with Gasteiger partial charge in [-0.25, -0.2) is 0 Å². The third-order valence-electron chi connectivity index (χ3n) is 2.98. The quantitative estimate of drug-likeness (QED) is 0.856. The molecular formula is C14H15NO2. The number of likely N-dealkylation sites (N-methyl/N-ethyl adjacent to an activating group) is 1. The smallest absolute Gasteiger partial charge is 0.169 e. The molecule has 1 heterocycles. The summed E-state index contributed by atoms with van der Waals surface area (Å²) in [5.74, 6) is 1.71. The normalized spacial score (nSPS) is 18.3. The Balaban J connectivity index is 2.02. The standard InChI is InChI=1S/C14H15NO2/c1-15-8-11-9-16-14-12-5-3-2-4-10(12)6-7-13(14)17-11/h2-7,11,15H,8-9H2,1H3. The lowest BCUT2D eigenvalue weighted by atomic mass is 10.1. The molecule has 0 aromatic heterocycles. The van der Waals surface area contributed by atoms with E-state index in [4.69, 9.17) is 9.47 Å². The summed E-state index contributed by atoms with van der Waals surface area (Å²) < 4.78 is 11.7. The highest BCUT2D eigenvalue weighted by atomic mass is 16.6. The number of ether oxygens (including phenoxy) is 2. The van der Waals surface area contributed by atoms with Crippen molar-refractivity contribution in [2.75, 3.05) is 20.2 Å². The van der Waals surface area contributed by atoms with E-state index in [0.29, 0.717) is 6.61 Å². The number of fused-ring (bicyclic) bond motifs is 3. The van der Waals surface area contributed by atoms with Gasteiger partial charge in [-0.05, 0) is 18.5 Å². The van der Waals surface area contributed by atoms with Crippen molar-refractivity contribution in [3.8, 4) is 11.5 Å². The monoisotopic (exact) mass is 229 g/mol. The predicted molar refractivity (Wildman–Crippen MR) is 67.8 cm³/mol. The maximum Gasteiger partial charge on any atom is 0.169 e.